The second kappa shape index (κ2) is 8.25. The minimum absolute atomic E-state index is 0.103. The molecule has 1 aromatic rings. The van der Waals surface area contributed by atoms with Gasteiger partial charge in [-0.25, -0.2) is 4.72 Å². The van der Waals surface area contributed by atoms with Gasteiger partial charge in [-0.3, -0.25) is 4.90 Å². The number of hydrogen-bond acceptors (Lipinski definition) is 5. The van der Waals surface area contributed by atoms with Gasteiger partial charge in [-0.15, -0.1) is 11.3 Å². The Morgan fingerprint density at radius 1 is 1.25 bits per heavy atom. The highest BCUT2D eigenvalue weighted by molar-refractivity contribution is 7.87. The third-order valence-corrected chi connectivity index (χ3v) is 7.16. The van der Waals surface area contributed by atoms with Crippen molar-refractivity contribution in [3.05, 3.63) is 22.4 Å². The van der Waals surface area contributed by atoms with Crippen LogP contribution < -0.4 is 9.44 Å². The Bertz CT molecular complexity index is 592. The fourth-order valence-electron chi connectivity index (χ4n) is 3.52. The van der Waals surface area contributed by atoms with Crippen molar-refractivity contribution in [3.8, 4) is 0 Å². The van der Waals surface area contributed by atoms with Crippen molar-refractivity contribution < 1.29 is 8.42 Å². The number of nitrogens with zero attached hydrogens (tertiary/aromatic N) is 2. The summed E-state index contributed by atoms with van der Waals surface area (Å²) in [6.45, 7) is 4.41. The van der Waals surface area contributed by atoms with E-state index < -0.39 is 10.2 Å². The molecular weight excluding hydrogens is 344 g/mol. The van der Waals surface area contributed by atoms with Crippen LogP contribution in [0.25, 0.3) is 0 Å². The summed E-state index contributed by atoms with van der Waals surface area (Å²) in [4.78, 5) is 5.93. The topological polar surface area (TPSA) is 64.7 Å². The molecule has 8 heteroatoms. The lowest BCUT2D eigenvalue weighted by atomic mass is 10.2. The molecule has 1 atom stereocenters. The van der Waals surface area contributed by atoms with Gasteiger partial charge in [0.25, 0.3) is 10.2 Å². The van der Waals surface area contributed by atoms with Crippen molar-refractivity contribution in [1.82, 2.24) is 19.2 Å². The Hall–Kier alpha value is -0.510. The van der Waals surface area contributed by atoms with E-state index in [1.807, 2.05) is 6.07 Å². The maximum absolute atomic E-state index is 12.3. The molecule has 1 aliphatic heterocycles. The molecule has 1 saturated heterocycles. The van der Waals surface area contributed by atoms with Crippen LogP contribution >= 0.6 is 11.3 Å². The molecule has 1 aromatic heterocycles. The van der Waals surface area contributed by atoms with Gasteiger partial charge in [-0.2, -0.15) is 13.1 Å². The van der Waals surface area contributed by atoms with Crippen molar-refractivity contribution in [2.45, 2.75) is 37.8 Å². The maximum Gasteiger partial charge on any atom is 0.277 e. The summed E-state index contributed by atoms with van der Waals surface area (Å²) < 4.78 is 30.3. The zero-order chi connectivity index (χ0) is 17.0. The predicted molar refractivity (Wildman–Crippen MR) is 98.4 cm³/mol. The van der Waals surface area contributed by atoms with Gasteiger partial charge in [0.15, 0.2) is 0 Å². The first kappa shape index (κ1) is 18.3. The zero-order valence-corrected chi connectivity index (χ0v) is 15.9. The Kier molecular flexibility index (Phi) is 6.28. The number of rotatable bonds is 7. The Morgan fingerprint density at radius 2 is 1.96 bits per heavy atom. The summed E-state index contributed by atoms with van der Waals surface area (Å²) in [6.07, 6.45) is 4.14. The summed E-state index contributed by atoms with van der Waals surface area (Å²) in [5.41, 5.74) is 0. The first-order valence-corrected chi connectivity index (χ1v) is 11.1. The lowest BCUT2D eigenvalue weighted by Crippen LogP contribution is -2.50. The average Bonchev–Trinajstić information content (AvgIpc) is 3.22. The van der Waals surface area contributed by atoms with Crippen molar-refractivity contribution >= 4 is 21.5 Å². The fraction of sp³-hybridized carbons (Fsp3) is 0.750. The zero-order valence-electron chi connectivity index (χ0n) is 14.3. The minimum atomic E-state index is -3.43. The van der Waals surface area contributed by atoms with Gasteiger partial charge in [-0.05, 0) is 31.3 Å². The van der Waals surface area contributed by atoms with Gasteiger partial charge in [0.2, 0.25) is 0 Å². The molecule has 6 nitrogen and oxygen atoms in total. The monoisotopic (exact) mass is 372 g/mol. The molecule has 0 radical (unpaired) electrons. The van der Waals surface area contributed by atoms with Crippen LogP contribution in [0, 0.1) is 0 Å². The molecule has 2 fully saturated rings. The first-order valence-electron chi connectivity index (χ1n) is 8.76. The molecule has 1 saturated carbocycles. The van der Waals surface area contributed by atoms with Crippen LogP contribution in [0.15, 0.2) is 17.5 Å². The summed E-state index contributed by atoms with van der Waals surface area (Å²) in [5.74, 6) is 0. The Morgan fingerprint density at radius 3 is 2.58 bits per heavy atom. The van der Waals surface area contributed by atoms with E-state index in [0.717, 1.165) is 51.9 Å². The van der Waals surface area contributed by atoms with Gasteiger partial charge < -0.3 is 4.90 Å². The fourth-order valence-corrected chi connectivity index (χ4v) is 5.51. The number of likely N-dealkylation sites (N-methyl/N-ethyl adjacent to an activating group) is 1. The van der Waals surface area contributed by atoms with Crippen LogP contribution in [0.4, 0.5) is 0 Å². The molecule has 0 spiro atoms. The van der Waals surface area contributed by atoms with E-state index in [1.54, 1.807) is 11.3 Å². The molecule has 1 aliphatic carbocycles. The predicted octanol–water partition coefficient (Wildman–Crippen LogP) is 1.40. The molecule has 136 valence electrons. The SMILES string of the molecule is CN1CCN(C(CNS(=O)(=O)NC2CCCC2)c2cccs2)CC1. The molecule has 3 rings (SSSR count). The third-order valence-electron chi connectivity index (χ3n) is 4.99. The number of piperazine rings is 1. The number of hydrogen-bond donors (Lipinski definition) is 2. The van der Waals surface area contributed by atoms with Gasteiger partial charge in [0.1, 0.15) is 0 Å². The van der Waals surface area contributed by atoms with E-state index in [9.17, 15) is 8.42 Å². The molecule has 2 aliphatic rings. The molecule has 0 aromatic carbocycles. The second-order valence-electron chi connectivity index (χ2n) is 6.82. The van der Waals surface area contributed by atoms with Crippen molar-refractivity contribution in [3.63, 3.8) is 0 Å². The minimum Gasteiger partial charge on any atom is -0.304 e. The normalized spacial score (nSPS) is 22.9. The van der Waals surface area contributed by atoms with Crippen LogP contribution in [-0.4, -0.2) is 64.0 Å². The average molecular weight is 373 g/mol. The van der Waals surface area contributed by atoms with Gasteiger partial charge in [0.05, 0.1) is 6.04 Å². The molecule has 2 heterocycles. The largest absolute Gasteiger partial charge is 0.304 e. The molecule has 0 amide bonds. The van der Waals surface area contributed by atoms with Gasteiger partial charge in [0, 0.05) is 43.6 Å². The van der Waals surface area contributed by atoms with Crippen molar-refractivity contribution in [2.24, 2.45) is 0 Å². The van der Waals surface area contributed by atoms with Crippen molar-refractivity contribution in [1.29, 1.82) is 0 Å². The van der Waals surface area contributed by atoms with E-state index in [-0.39, 0.29) is 12.1 Å². The third kappa shape index (κ3) is 5.00. The van der Waals surface area contributed by atoms with E-state index in [0.29, 0.717) is 6.54 Å². The summed E-state index contributed by atoms with van der Waals surface area (Å²) in [6, 6.07) is 4.35. The van der Waals surface area contributed by atoms with Crippen molar-refractivity contribution in [2.75, 3.05) is 39.8 Å². The molecule has 0 bridgehead atoms. The number of thiophene rings is 1. The standard InChI is InChI=1S/C16H28N4O2S2/c1-19-8-10-20(11-9-19)15(16-7-4-12-23-16)13-17-24(21,22)18-14-5-2-3-6-14/h4,7,12,14-15,17-18H,2-3,5-6,8-11,13H2,1H3. The van der Waals surface area contributed by atoms with E-state index in [1.165, 1.54) is 4.88 Å². The van der Waals surface area contributed by atoms with Crippen LogP contribution in [0.3, 0.4) is 0 Å². The number of nitrogens with one attached hydrogen (secondary N) is 2. The summed E-state index contributed by atoms with van der Waals surface area (Å²) in [5, 5.41) is 2.06. The summed E-state index contributed by atoms with van der Waals surface area (Å²) in [7, 11) is -1.30. The van der Waals surface area contributed by atoms with Crippen LogP contribution in [0.1, 0.15) is 36.6 Å². The molecular formula is C16H28N4O2S2. The maximum atomic E-state index is 12.3. The molecule has 2 N–H and O–H groups in total. The van der Waals surface area contributed by atoms with Crippen LogP contribution in [0.5, 0.6) is 0 Å². The van der Waals surface area contributed by atoms with Gasteiger partial charge >= 0.3 is 0 Å². The smallest absolute Gasteiger partial charge is 0.277 e. The lowest BCUT2D eigenvalue weighted by Gasteiger charge is -2.37. The van der Waals surface area contributed by atoms with Gasteiger partial charge in [-0.1, -0.05) is 18.9 Å². The highest BCUT2D eigenvalue weighted by Gasteiger charge is 2.27. The van der Waals surface area contributed by atoms with E-state index >= 15 is 0 Å². The highest BCUT2D eigenvalue weighted by Crippen LogP contribution is 2.26. The van der Waals surface area contributed by atoms with Crippen LogP contribution in [-0.2, 0) is 10.2 Å². The highest BCUT2D eigenvalue weighted by atomic mass is 32.2. The lowest BCUT2D eigenvalue weighted by molar-refractivity contribution is 0.114. The molecule has 24 heavy (non-hydrogen) atoms. The van der Waals surface area contributed by atoms with Crippen LogP contribution in [0.2, 0.25) is 0 Å². The second-order valence-corrected chi connectivity index (χ2v) is 9.33. The first-order chi connectivity index (χ1) is 11.5. The quantitative estimate of drug-likeness (QED) is 0.759. The summed E-state index contributed by atoms with van der Waals surface area (Å²) >= 11 is 1.70. The van der Waals surface area contributed by atoms with E-state index in [2.05, 4.69) is 37.7 Å². The Labute approximate surface area is 149 Å². The molecule has 1 unspecified atom stereocenters. The van der Waals surface area contributed by atoms with E-state index in [4.69, 9.17) is 0 Å². The Balaban J connectivity index is 1.61.